The van der Waals surface area contributed by atoms with Crippen LogP contribution in [0.4, 0.5) is 4.39 Å². The zero-order chi connectivity index (χ0) is 16.8. The van der Waals surface area contributed by atoms with Crippen molar-refractivity contribution in [1.29, 1.82) is 0 Å². The van der Waals surface area contributed by atoms with Crippen LogP contribution in [0.25, 0.3) is 0 Å². The van der Waals surface area contributed by atoms with E-state index < -0.39 is 0 Å². The van der Waals surface area contributed by atoms with Crippen LogP contribution in [-0.2, 0) is 11.3 Å². The molecule has 0 unspecified atom stereocenters. The Morgan fingerprint density at radius 3 is 2.70 bits per heavy atom. The van der Waals surface area contributed by atoms with Crippen molar-refractivity contribution in [2.75, 3.05) is 13.2 Å². The normalized spacial score (nSPS) is 10.8. The third-order valence-electron chi connectivity index (χ3n) is 3.21. The second kappa shape index (κ2) is 7.92. The van der Waals surface area contributed by atoms with E-state index >= 15 is 0 Å². The molecule has 0 atom stereocenters. The standard InChI is InChI=1S/C16H19FN2O3S/c1-11(2)14-10-23-16(21)19(14)9-15(20)18-7-8-22-13-5-3-12(17)4-6-13/h3-6,10-11H,7-9H2,1-2H3,(H,18,20). The summed E-state index contributed by atoms with van der Waals surface area (Å²) in [5.41, 5.74) is 0.859. The average molecular weight is 338 g/mol. The Hall–Kier alpha value is -2.15. The van der Waals surface area contributed by atoms with Crippen LogP contribution in [0.2, 0.25) is 0 Å². The minimum Gasteiger partial charge on any atom is -0.492 e. The highest BCUT2D eigenvalue weighted by atomic mass is 32.1. The number of rotatable bonds is 7. The predicted molar refractivity (Wildman–Crippen MR) is 87.6 cm³/mol. The zero-order valence-electron chi connectivity index (χ0n) is 13.0. The number of benzene rings is 1. The summed E-state index contributed by atoms with van der Waals surface area (Å²) in [6.45, 7) is 4.55. The number of carbonyl (C=O) groups excluding carboxylic acids is 1. The fourth-order valence-corrected chi connectivity index (χ4v) is 2.95. The lowest BCUT2D eigenvalue weighted by atomic mass is 10.1. The van der Waals surface area contributed by atoms with Crippen LogP contribution in [0.3, 0.4) is 0 Å². The number of hydrogen-bond donors (Lipinski definition) is 1. The molecule has 0 fully saturated rings. The summed E-state index contributed by atoms with van der Waals surface area (Å²) >= 11 is 1.10. The molecule has 7 heteroatoms. The largest absolute Gasteiger partial charge is 0.492 e. The van der Waals surface area contributed by atoms with Gasteiger partial charge in [-0.2, -0.15) is 0 Å². The molecule has 0 radical (unpaired) electrons. The van der Waals surface area contributed by atoms with Crippen molar-refractivity contribution >= 4 is 17.2 Å². The minimum atomic E-state index is -0.326. The molecule has 0 bridgehead atoms. The van der Waals surface area contributed by atoms with E-state index in [0.717, 1.165) is 17.0 Å². The van der Waals surface area contributed by atoms with Gasteiger partial charge < -0.3 is 10.1 Å². The van der Waals surface area contributed by atoms with Gasteiger partial charge in [0.25, 0.3) is 0 Å². The summed E-state index contributed by atoms with van der Waals surface area (Å²) in [5.74, 6) is 0.156. The molecular weight excluding hydrogens is 319 g/mol. The molecule has 1 N–H and O–H groups in total. The molecule has 2 aromatic rings. The van der Waals surface area contributed by atoms with Crippen LogP contribution < -0.4 is 14.9 Å². The van der Waals surface area contributed by atoms with Crippen molar-refractivity contribution < 1.29 is 13.9 Å². The van der Waals surface area contributed by atoms with Crippen molar-refractivity contribution in [2.45, 2.75) is 26.3 Å². The number of halogens is 1. The van der Waals surface area contributed by atoms with Gasteiger partial charge in [0.05, 0.1) is 6.54 Å². The molecule has 23 heavy (non-hydrogen) atoms. The molecule has 2 rings (SSSR count). The molecule has 0 saturated heterocycles. The lowest BCUT2D eigenvalue weighted by Crippen LogP contribution is -2.34. The Kier molecular flexibility index (Phi) is 5.92. The van der Waals surface area contributed by atoms with Crippen molar-refractivity contribution in [3.63, 3.8) is 0 Å². The highest BCUT2D eigenvalue weighted by Gasteiger charge is 2.13. The van der Waals surface area contributed by atoms with Crippen molar-refractivity contribution in [3.05, 3.63) is 50.8 Å². The summed E-state index contributed by atoms with van der Waals surface area (Å²) < 4.78 is 19.6. The molecule has 1 amide bonds. The van der Waals surface area contributed by atoms with Gasteiger partial charge >= 0.3 is 4.87 Å². The SMILES string of the molecule is CC(C)c1csc(=O)n1CC(=O)NCCOc1ccc(F)cc1. The maximum atomic E-state index is 12.7. The fourth-order valence-electron chi connectivity index (χ4n) is 2.04. The van der Waals surface area contributed by atoms with E-state index in [1.54, 1.807) is 5.38 Å². The Labute approximate surface area is 137 Å². The molecule has 0 aliphatic carbocycles. The maximum Gasteiger partial charge on any atom is 0.307 e. The third kappa shape index (κ3) is 4.92. The summed E-state index contributed by atoms with van der Waals surface area (Å²) in [6.07, 6.45) is 0. The van der Waals surface area contributed by atoms with E-state index in [4.69, 9.17) is 4.74 Å². The first-order valence-electron chi connectivity index (χ1n) is 7.30. The van der Waals surface area contributed by atoms with Crippen LogP contribution in [0.1, 0.15) is 25.5 Å². The lowest BCUT2D eigenvalue weighted by molar-refractivity contribution is -0.121. The second-order valence-electron chi connectivity index (χ2n) is 5.32. The molecule has 0 aliphatic heterocycles. The highest BCUT2D eigenvalue weighted by molar-refractivity contribution is 7.07. The minimum absolute atomic E-state index is 0.00634. The number of nitrogens with one attached hydrogen (secondary N) is 1. The molecular formula is C16H19FN2O3S. The number of amides is 1. The number of ether oxygens (including phenoxy) is 1. The Morgan fingerprint density at radius 2 is 2.04 bits per heavy atom. The number of carbonyl (C=O) groups is 1. The lowest BCUT2D eigenvalue weighted by Gasteiger charge is -2.11. The third-order valence-corrected chi connectivity index (χ3v) is 3.99. The van der Waals surface area contributed by atoms with Crippen molar-refractivity contribution in [1.82, 2.24) is 9.88 Å². The van der Waals surface area contributed by atoms with Gasteiger partial charge in [0, 0.05) is 11.1 Å². The Morgan fingerprint density at radius 1 is 1.35 bits per heavy atom. The quantitative estimate of drug-likeness (QED) is 0.789. The van der Waals surface area contributed by atoms with Gasteiger partial charge in [-0.1, -0.05) is 25.2 Å². The molecule has 0 aliphatic rings. The smallest absolute Gasteiger partial charge is 0.307 e. The first-order valence-corrected chi connectivity index (χ1v) is 8.18. The topological polar surface area (TPSA) is 60.3 Å². The second-order valence-corrected chi connectivity index (χ2v) is 6.14. The maximum absolute atomic E-state index is 12.7. The van der Waals surface area contributed by atoms with Gasteiger partial charge in [-0.25, -0.2) is 4.39 Å². The number of nitrogens with zero attached hydrogens (tertiary/aromatic N) is 1. The monoisotopic (exact) mass is 338 g/mol. The van der Waals surface area contributed by atoms with Crippen LogP contribution in [-0.4, -0.2) is 23.6 Å². The summed E-state index contributed by atoms with van der Waals surface area (Å²) in [7, 11) is 0. The van der Waals surface area contributed by atoms with Gasteiger partial charge in [-0.05, 0) is 30.2 Å². The van der Waals surface area contributed by atoms with Crippen LogP contribution >= 0.6 is 11.3 Å². The van der Waals surface area contributed by atoms with Gasteiger partial charge in [-0.3, -0.25) is 14.2 Å². The molecule has 5 nitrogen and oxygen atoms in total. The highest BCUT2D eigenvalue weighted by Crippen LogP contribution is 2.14. The number of thiazole rings is 1. The Balaban J connectivity index is 1.78. The van der Waals surface area contributed by atoms with Crippen molar-refractivity contribution in [3.8, 4) is 5.75 Å². The van der Waals surface area contributed by atoms with Gasteiger partial charge in [0.15, 0.2) is 0 Å². The molecule has 1 aromatic carbocycles. The van der Waals surface area contributed by atoms with Gasteiger partial charge in [-0.15, -0.1) is 0 Å². The fraction of sp³-hybridized carbons (Fsp3) is 0.375. The zero-order valence-corrected chi connectivity index (χ0v) is 13.9. The predicted octanol–water partition coefficient (Wildman–Crippen LogP) is 2.37. The van der Waals surface area contributed by atoms with Gasteiger partial charge in [0.2, 0.25) is 5.91 Å². The van der Waals surface area contributed by atoms with E-state index in [2.05, 4.69) is 5.32 Å². The van der Waals surface area contributed by atoms with E-state index in [1.165, 1.54) is 28.8 Å². The van der Waals surface area contributed by atoms with Crippen LogP contribution in [0.15, 0.2) is 34.4 Å². The van der Waals surface area contributed by atoms with E-state index in [-0.39, 0.29) is 35.7 Å². The van der Waals surface area contributed by atoms with E-state index in [1.807, 2.05) is 13.8 Å². The number of hydrogen-bond acceptors (Lipinski definition) is 4. The van der Waals surface area contributed by atoms with Gasteiger partial charge in [0.1, 0.15) is 24.7 Å². The van der Waals surface area contributed by atoms with Crippen LogP contribution in [0, 0.1) is 5.82 Å². The van der Waals surface area contributed by atoms with Crippen LogP contribution in [0.5, 0.6) is 5.75 Å². The summed E-state index contributed by atoms with van der Waals surface area (Å²) in [4.78, 5) is 23.6. The summed E-state index contributed by atoms with van der Waals surface area (Å²) in [5, 5.41) is 4.49. The van der Waals surface area contributed by atoms with E-state index in [0.29, 0.717) is 12.3 Å². The Bertz CT molecular complexity index is 707. The molecule has 1 aromatic heterocycles. The summed E-state index contributed by atoms with van der Waals surface area (Å²) in [6, 6.07) is 5.67. The molecule has 0 saturated carbocycles. The first kappa shape index (κ1) is 17.2. The number of aromatic nitrogens is 1. The van der Waals surface area contributed by atoms with Crippen molar-refractivity contribution in [2.24, 2.45) is 0 Å². The first-order chi connectivity index (χ1) is 11.0. The molecule has 124 valence electrons. The average Bonchev–Trinajstić information content (AvgIpc) is 2.87. The van der Waals surface area contributed by atoms with E-state index in [9.17, 15) is 14.0 Å². The molecule has 0 spiro atoms. The molecule has 1 heterocycles.